The van der Waals surface area contributed by atoms with E-state index in [4.69, 9.17) is 14.4 Å². The summed E-state index contributed by atoms with van der Waals surface area (Å²) >= 11 is 0. The van der Waals surface area contributed by atoms with Crippen molar-refractivity contribution >= 4 is 104 Å². The number of benzene rings is 8. The van der Waals surface area contributed by atoms with E-state index in [0.717, 1.165) is 77.4 Å². The molecular formula is C46H24N4O. The maximum Gasteiger partial charge on any atom is 0.165 e. The van der Waals surface area contributed by atoms with Gasteiger partial charge in [0.25, 0.3) is 0 Å². The Kier molecular flexibility index (Phi) is 4.57. The highest BCUT2D eigenvalue weighted by atomic mass is 16.3. The van der Waals surface area contributed by atoms with E-state index < -0.39 is 0 Å². The highest BCUT2D eigenvalue weighted by Crippen LogP contribution is 2.49. The summed E-state index contributed by atoms with van der Waals surface area (Å²) in [6, 6.07) is 51.8. The van der Waals surface area contributed by atoms with Crippen LogP contribution in [0.2, 0.25) is 0 Å². The lowest BCUT2D eigenvalue weighted by Gasteiger charge is -2.16. The Morgan fingerprint density at radius 2 is 1.00 bits per heavy atom. The average molecular weight is 649 g/mol. The summed E-state index contributed by atoms with van der Waals surface area (Å²) in [7, 11) is 0. The van der Waals surface area contributed by atoms with Crippen LogP contribution >= 0.6 is 0 Å². The number of fused-ring (bicyclic) bond motifs is 10. The third-order valence-electron chi connectivity index (χ3n) is 11.2. The van der Waals surface area contributed by atoms with Gasteiger partial charge in [0.2, 0.25) is 0 Å². The minimum absolute atomic E-state index is 0.807. The number of hydrogen-bond donors (Lipinski definition) is 0. The van der Waals surface area contributed by atoms with Crippen LogP contribution in [0.5, 0.6) is 0 Å². The molecule has 5 heterocycles. The second kappa shape index (κ2) is 8.97. The van der Waals surface area contributed by atoms with E-state index in [2.05, 4.69) is 155 Å². The predicted molar refractivity (Wildman–Crippen MR) is 210 cm³/mol. The summed E-state index contributed by atoms with van der Waals surface area (Å²) in [4.78, 5) is 11.3. The van der Waals surface area contributed by atoms with Crippen LogP contribution in [0, 0.1) is 0 Å². The molecule has 0 unspecified atom stereocenters. The van der Waals surface area contributed by atoms with Gasteiger partial charge in [-0.3, -0.25) is 4.57 Å². The lowest BCUT2D eigenvalue weighted by Crippen LogP contribution is -2.04. The normalized spacial score (nSPS) is 12.7. The first-order valence-corrected chi connectivity index (χ1v) is 17.4. The Morgan fingerprint density at radius 1 is 0.392 bits per heavy atom. The van der Waals surface area contributed by atoms with E-state index in [0.29, 0.717) is 0 Å². The van der Waals surface area contributed by atoms with E-state index in [9.17, 15) is 0 Å². The van der Waals surface area contributed by atoms with Gasteiger partial charge in [0, 0.05) is 43.3 Å². The topological polar surface area (TPSA) is 48.3 Å². The van der Waals surface area contributed by atoms with Gasteiger partial charge in [-0.2, -0.15) is 0 Å². The zero-order chi connectivity index (χ0) is 32.9. The zero-order valence-corrected chi connectivity index (χ0v) is 27.1. The molecule has 234 valence electrons. The van der Waals surface area contributed by atoms with Gasteiger partial charge in [-0.25, -0.2) is 9.97 Å². The predicted octanol–water partition coefficient (Wildman–Crippen LogP) is 12.0. The zero-order valence-electron chi connectivity index (χ0n) is 27.1. The molecule has 0 aliphatic rings. The Hall–Kier alpha value is -6.98. The molecule has 0 atom stereocenters. The highest BCUT2D eigenvalue weighted by Gasteiger charge is 2.28. The van der Waals surface area contributed by atoms with Gasteiger partial charge in [-0.1, -0.05) is 103 Å². The fourth-order valence-electron chi connectivity index (χ4n) is 9.19. The molecule has 5 aromatic heterocycles. The van der Waals surface area contributed by atoms with Gasteiger partial charge in [-0.05, 0) is 53.2 Å². The van der Waals surface area contributed by atoms with Gasteiger partial charge >= 0.3 is 0 Å². The first-order chi connectivity index (χ1) is 25.3. The fourth-order valence-corrected chi connectivity index (χ4v) is 9.19. The first kappa shape index (κ1) is 26.0. The van der Waals surface area contributed by atoms with Gasteiger partial charge in [0.1, 0.15) is 16.9 Å². The van der Waals surface area contributed by atoms with E-state index >= 15 is 0 Å². The van der Waals surface area contributed by atoms with Crippen LogP contribution in [0.15, 0.2) is 150 Å². The van der Waals surface area contributed by atoms with Crippen LogP contribution in [0.3, 0.4) is 0 Å². The number of rotatable bonds is 2. The minimum atomic E-state index is 0.807. The Bertz CT molecular complexity index is 3590. The van der Waals surface area contributed by atoms with Crippen LogP contribution in [-0.4, -0.2) is 18.9 Å². The molecule has 5 nitrogen and oxygen atoms in total. The molecule has 0 aliphatic carbocycles. The molecule has 5 heteroatoms. The first-order valence-electron chi connectivity index (χ1n) is 17.4. The van der Waals surface area contributed by atoms with E-state index in [1.54, 1.807) is 0 Å². The molecule has 0 N–H and O–H groups in total. The third kappa shape index (κ3) is 3.05. The summed E-state index contributed by atoms with van der Waals surface area (Å²) in [6.45, 7) is 0. The summed E-state index contributed by atoms with van der Waals surface area (Å²) in [5.74, 6) is 0.807. The molecular weight excluding hydrogens is 625 g/mol. The van der Waals surface area contributed by atoms with Crippen LogP contribution in [0.25, 0.3) is 121 Å². The molecule has 0 amide bonds. The number of aromatic nitrogens is 4. The van der Waals surface area contributed by atoms with Gasteiger partial charge < -0.3 is 8.82 Å². The second-order valence-electron chi connectivity index (χ2n) is 13.7. The summed E-state index contributed by atoms with van der Waals surface area (Å²) in [5, 5.41) is 11.7. The van der Waals surface area contributed by atoms with Crippen LogP contribution in [0.4, 0.5) is 0 Å². The number of nitrogens with zero attached hydrogens (tertiary/aromatic N) is 4. The Morgan fingerprint density at radius 3 is 1.80 bits per heavy atom. The molecule has 51 heavy (non-hydrogen) atoms. The molecule has 0 fully saturated rings. The molecule has 0 saturated carbocycles. The van der Waals surface area contributed by atoms with Crippen molar-refractivity contribution in [1.29, 1.82) is 0 Å². The van der Waals surface area contributed by atoms with Crippen molar-refractivity contribution in [2.75, 3.05) is 0 Å². The molecule has 0 aliphatic heterocycles. The van der Waals surface area contributed by atoms with Crippen molar-refractivity contribution in [1.82, 2.24) is 18.9 Å². The van der Waals surface area contributed by atoms with Crippen molar-refractivity contribution < 1.29 is 4.42 Å². The van der Waals surface area contributed by atoms with Gasteiger partial charge in [0.15, 0.2) is 5.82 Å². The van der Waals surface area contributed by atoms with Crippen molar-refractivity contribution in [2.24, 2.45) is 0 Å². The quantitative estimate of drug-likeness (QED) is 0.175. The van der Waals surface area contributed by atoms with E-state index in [1.807, 2.05) is 0 Å². The standard InChI is InChI=1S/C46H24N4O/c1-2-11-25(12-3-1)42-46(48-44-30-17-7-5-14-27(30)26-13-4-6-16-29(26)43(44)47-42)50-34-20-10-19-33-38(34)39-35(50)22-24-36-40(39)41-37(51-36)23-21-31-28-15-8-9-18-32(28)49(33)45(31)41/h1-24H. The summed E-state index contributed by atoms with van der Waals surface area (Å²) in [6.07, 6.45) is 0. The molecule has 13 aromatic rings. The second-order valence-corrected chi connectivity index (χ2v) is 13.7. The fraction of sp³-hybridized carbons (Fsp3) is 0. The molecule has 0 saturated heterocycles. The third-order valence-corrected chi connectivity index (χ3v) is 11.2. The molecule has 0 radical (unpaired) electrons. The maximum absolute atomic E-state index is 6.64. The van der Waals surface area contributed by atoms with Crippen LogP contribution in [-0.2, 0) is 0 Å². The van der Waals surface area contributed by atoms with Crippen molar-refractivity contribution in [2.45, 2.75) is 0 Å². The van der Waals surface area contributed by atoms with Crippen molar-refractivity contribution in [3.8, 4) is 17.1 Å². The van der Waals surface area contributed by atoms with Gasteiger partial charge in [-0.15, -0.1) is 0 Å². The molecule has 0 spiro atoms. The Labute approximate surface area is 288 Å². The molecule has 8 aromatic carbocycles. The number of furan rings is 1. The summed E-state index contributed by atoms with van der Waals surface area (Å²) in [5.41, 5.74) is 11.2. The largest absolute Gasteiger partial charge is 0.456 e. The van der Waals surface area contributed by atoms with Crippen LogP contribution < -0.4 is 0 Å². The maximum atomic E-state index is 6.64. The monoisotopic (exact) mass is 648 g/mol. The number of para-hydroxylation sites is 1. The van der Waals surface area contributed by atoms with E-state index in [-0.39, 0.29) is 0 Å². The van der Waals surface area contributed by atoms with E-state index in [1.165, 1.54) is 43.4 Å². The lowest BCUT2D eigenvalue weighted by atomic mass is 9.99. The van der Waals surface area contributed by atoms with Crippen molar-refractivity contribution in [3.63, 3.8) is 0 Å². The molecule has 13 rings (SSSR count). The van der Waals surface area contributed by atoms with Crippen LogP contribution in [0.1, 0.15) is 0 Å². The summed E-state index contributed by atoms with van der Waals surface area (Å²) < 4.78 is 11.4. The highest BCUT2D eigenvalue weighted by molar-refractivity contribution is 6.37. The molecule has 0 bridgehead atoms. The SMILES string of the molecule is c1ccc(-c2nc3c4ccccc4c4ccccc4c3nc2-n2c3ccc4oc5ccc6c7ccccc7n7c8cccc2c8c3c4c5c67)cc1. The average Bonchev–Trinajstić information content (AvgIpc) is 3.82. The minimum Gasteiger partial charge on any atom is -0.456 e. The lowest BCUT2D eigenvalue weighted by molar-refractivity contribution is 0.669. The van der Waals surface area contributed by atoms with Gasteiger partial charge in [0.05, 0.1) is 44.0 Å². The Balaban J connectivity index is 1.30. The van der Waals surface area contributed by atoms with Crippen molar-refractivity contribution in [3.05, 3.63) is 146 Å². The number of hydrogen-bond acceptors (Lipinski definition) is 3. The smallest absolute Gasteiger partial charge is 0.165 e.